The molecule has 5 heteroatoms. The molecule has 0 aliphatic rings. The molecule has 0 aliphatic heterocycles. The van der Waals surface area contributed by atoms with Gasteiger partial charge < -0.3 is 0 Å². The van der Waals surface area contributed by atoms with Crippen LogP contribution >= 0.6 is 11.6 Å². The van der Waals surface area contributed by atoms with Gasteiger partial charge in [0.15, 0.2) is 0 Å². The summed E-state index contributed by atoms with van der Waals surface area (Å²) >= 11 is 5.78. The van der Waals surface area contributed by atoms with Crippen LogP contribution in [0.15, 0.2) is 24.3 Å². The zero-order valence-electron chi connectivity index (χ0n) is 9.62. The van der Waals surface area contributed by atoms with Gasteiger partial charge in [0, 0.05) is 5.02 Å². The molecule has 3 nitrogen and oxygen atoms in total. The van der Waals surface area contributed by atoms with Gasteiger partial charge in [-0.15, -0.1) is 0 Å². The minimum Gasteiger partial charge on any atom is -0.212 e. The van der Waals surface area contributed by atoms with E-state index in [4.69, 9.17) is 11.6 Å². The molecule has 0 spiro atoms. The molecule has 0 saturated carbocycles. The molecule has 0 heterocycles. The second kappa shape index (κ2) is 4.73. The number of benzene rings is 1. The number of rotatable bonds is 4. The zero-order valence-corrected chi connectivity index (χ0v) is 11.2. The number of halogens is 1. The highest BCUT2D eigenvalue weighted by molar-refractivity contribution is 7.89. The summed E-state index contributed by atoms with van der Waals surface area (Å²) in [5, 5.41) is 0.637. The number of hydrogen-bond acceptors (Lipinski definition) is 2. The van der Waals surface area contributed by atoms with Crippen LogP contribution in [0.25, 0.3) is 0 Å². The summed E-state index contributed by atoms with van der Waals surface area (Å²) in [6.45, 7) is 5.26. The van der Waals surface area contributed by atoms with Crippen molar-refractivity contribution in [3.05, 3.63) is 34.9 Å². The minimum absolute atomic E-state index is 0.0734. The van der Waals surface area contributed by atoms with Crippen molar-refractivity contribution < 1.29 is 8.42 Å². The zero-order chi connectivity index (χ0) is 12.4. The van der Waals surface area contributed by atoms with Crippen molar-refractivity contribution in [1.82, 2.24) is 4.72 Å². The summed E-state index contributed by atoms with van der Waals surface area (Å²) in [6, 6.07) is 7.14. The molecule has 0 atom stereocenters. The van der Waals surface area contributed by atoms with Crippen molar-refractivity contribution >= 4 is 21.6 Å². The number of nitrogens with one attached hydrogen (secondary N) is 1. The summed E-state index contributed by atoms with van der Waals surface area (Å²) in [6.07, 6.45) is 0. The van der Waals surface area contributed by atoms with Crippen molar-refractivity contribution in [1.29, 1.82) is 0 Å². The summed E-state index contributed by atoms with van der Waals surface area (Å²) in [7, 11) is -3.22. The SMILES string of the molecule is CCS(=O)(=O)NC(C)(C)c1ccc(Cl)cc1. The minimum atomic E-state index is -3.22. The lowest BCUT2D eigenvalue weighted by atomic mass is 9.96. The van der Waals surface area contributed by atoms with Crippen LogP contribution in [0, 0.1) is 0 Å². The molecule has 0 radical (unpaired) electrons. The number of sulfonamides is 1. The predicted molar refractivity (Wildman–Crippen MR) is 67.1 cm³/mol. The van der Waals surface area contributed by atoms with Crippen LogP contribution in [0.3, 0.4) is 0 Å². The fourth-order valence-electron chi connectivity index (χ4n) is 1.39. The highest BCUT2D eigenvalue weighted by Crippen LogP contribution is 2.22. The van der Waals surface area contributed by atoms with Crippen molar-refractivity contribution in [3.8, 4) is 0 Å². The van der Waals surface area contributed by atoms with Crippen molar-refractivity contribution in [3.63, 3.8) is 0 Å². The Morgan fingerprint density at radius 1 is 1.25 bits per heavy atom. The van der Waals surface area contributed by atoms with Gasteiger partial charge in [0.2, 0.25) is 10.0 Å². The van der Waals surface area contributed by atoms with Crippen LogP contribution in [0.1, 0.15) is 26.3 Å². The first-order chi connectivity index (χ1) is 7.27. The fourth-order valence-corrected chi connectivity index (χ4v) is 2.55. The van der Waals surface area contributed by atoms with Gasteiger partial charge in [0.1, 0.15) is 0 Å². The molecule has 1 rings (SSSR count). The highest BCUT2D eigenvalue weighted by atomic mass is 35.5. The summed E-state index contributed by atoms with van der Waals surface area (Å²) in [4.78, 5) is 0. The van der Waals surface area contributed by atoms with Crippen LogP contribution in [-0.2, 0) is 15.6 Å². The molecule has 0 aromatic heterocycles. The van der Waals surface area contributed by atoms with Gasteiger partial charge in [-0.05, 0) is 38.5 Å². The van der Waals surface area contributed by atoms with Crippen LogP contribution in [0.2, 0.25) is 5.02 Å². The quantitative estimate of drug-likeness (QED) is 0.905. The fraction of sp³-hybridized carbons (Fsp3) is 0.455. The Morgan fingerprint density at radius 3 is 2.19 bits per heavy atom. The van der Waals surface area contributed by atoms with Gasteiger partial charge in [-0.2, -0.15) is 0 Å². The first-order valence-corrected chi connectivity index (χ1v) is 7.07. The first kappa shape index (κ1) is 13.5. The molecule has 1 aromatic rings. The number of hydrogen-bond donors (Lipinski definition) is 1. The molecule has 0 unspecified atom stereocenters. The van der Waals surface area contributed by atoms with Gasteiger partial charge in [-0.3, -0.25) is 0 Å². The third kappa shape index (κ3) is 3.47. The molecule has 0 aliphatic carbocycles. The second-order valence-corrected chi connectivity index (χ2v) is 6.58. The monoisotopic (exact) mass is 261 g/mol. The van der Waals surface area contributed by atoms with E-state index in [1.807, 2.05) is 26.0 Å². The first-order valence-electron chi connectivity index (χ1n) is 5.04. The molecule has 1 aromatic carbocycles. The van der Waals surface area contributed by atoms with Gasteiger partial charge in [-0.25, -0.2) is 13.1 Å². The topological polar surface area (TPSA) is 46.2 Å². The Kier molecular flexibility index (Phi) is 3.99. The van der Waals surface area contributed by atoms with Gasteiger partial charge >= 0.3 is 0 Å². The molecular weight excluding hydrogens is 246 g/mol. The van der Waals surface area contributed by atoms with E-state index in [1.54, 1.807) is 19.1 Å². The molecular formula is C11H16ClNO2S. The van der Waals surface area contributed by atoms with E-state index in [2.05, 4.69) is 4.72 Å². The van der Waals surface area contributed by atoms with E-state index >= 15 is 0 Å². The Hall–Kier alpha value is -0.580. The van der Waals surface area contributed by atoms with E-state index in [9.17, 15) is 8.42 Å². The van der Waals surface area contributed by atoms with E-state index in [1.165, 1.54) is 0 Å². The maximum Gasteiger partial charge on any atom is 0.212 e. The Bertz CT molecular complexity index is 451. The molecule has 0 saturated heterocycles. The lowest BCUT2D eigenvalue weighted by Crippen LogP contribution is -2.41. The molecule has 90 valence electrons. The average molecular weight is 262 g/mol. The Balaban J connectivity index is 2.98. The average Bonchev–Trinajstić information content (AvgIpc) is 2.17. The summed E-state index contributed by atoms with van der Waals surface area (Å²) < 4.78 is 25.7. The highest BCUT2D eigenvalue weighted by Gasteiger charge is 2.25. The van der Waals surface area contributed by atoms with Crippen molar-refractivity contribution in [2.45, 2.75) is 26.3 Å². The maximum atomic E-state index is 11.5. The predicted octanol–water partition coefficient (Wildman–Crippen LogP) is 2.51. The van der Waals surface area contributed by atoms with Crippen molar-refractivity contribution in [2.24, 2.45) is 0 Å². The van der Waals surface area contributed by atoms with Crippen molar-refractivity contribution in [2.75, 3.05) is 5.75 Å². The third-order valence-electron chi connectivity index (χ3n) is 2.36. The lowest BCUT2D eigenvalue weighted by Gasteiger charge is -2.26. The maximum absolute atomic E-state index is 11.5. The lowest BCUT2D eigenvalue weighted by molar-refractivity contribution is 0.472. The van der Waals surface area contributed by atoms with E-state index < -0.39 is 15.6 Å². The Labute approximate surface area is 102 Å². The largest absolute Gasteiger partial charge is 0.212 e. The van der Waals surface area contributed by atoms with Gasteiger partial charge in [0.25, 0.3) is 0 Å². The molecule has 0 fully saturated rings. The third-order valence-corrected chi connectivity index (χ3v) is 4.19. The normalized spacial score (nSPS) is 12.8. The van der Waals surface area contributed by atoms with E-state index in [0.717, 1.165) is 5.56 Å². The van der Waals surface area contributed by atoms with Crippen LogP contribution in [0.4, 0.5) is 0 Å². The summed E-state index contributed by atoms with van der Waals surface area (Å²) in [5.41, 5.74) is 0.258. The van der Waals surface area contributed by atoms with E-state index in [0.29, 0.717) is 5.02 Å². The smallest absolute Gasteiger partial charge is 0.212 e. The molecule has 0 bridgehead atoms. The Morgan fingerprint density at radius 2 is 1.75 bits per heavy atom. The van der Waals surface area contributed by atoms with Gasteiger partial charge in [0.05, 0.1) is 11.3 Å². The van der Waals surface area contributed by atoms with Gasteiger partial charge in [-0.1, -0.05) is 23.7 Å². The van der Waals surface area contributed by atoms with Crippen LogP contribution in [0.5, 0.6) is 0 Å². The standard InChI is InChI=1S/C11H16ClNO2S/c1-4-16(14,15)13-11(2,3)9-5-7-10(12)8-6-9/h5-8,13H,4H2,1-3H3. The molecule has 1 N–H and O–H groups in total. The second-order valence-electron chi connectivity index (χ2n) is 4.14. The van der Waals surface area contributed by atoms with E-state index in [-0.39, 0.29) is 5.75 Å². The van der Waals surface area contributed by atoms with Crippen LogP contribution in [-0.4, -0.2) is 14.2 Å². The molecule has 0 amide bonds. The molecule has 16 heavy (non-hydrogen) atoms. The summed E-state index contributed by atoms with van der Waals surface area (Å²) in [5.74, 6) is 0.0734. The van der Waals surface area contributed by atoms with Crippen LogP contribution < -0.4 is 4.72 Å².